The van der Waals surface area contributed by atoms with Crippen LogP contribution in [-0.2, 0) is 26.1 Å². The number of hydrogen-bond donors (Lipinski definition) is 2. The number of carbonyl (C=O) groups excluding carboxylic acids is 1. The fourth-order valence-corrected chi connectivity index (χ4v) is 3.30. The largest absolute Gasteiger partial charge is 0.333 e. The Morgan fingerprint density at radius 3 is 2.95 bits per heavy atom. The summed E-state index contributed by atoms with van der Waals surface area (Å²) >= 11 is 1.70. The van der Waals surface area contributed by atoms with Gasteiger partial charge in [-0.2, -0.15) is 0 Å². The number of urea groups is 1. The number of amides is 2. The third kappa shape index (κ3) is 3.41. The number of aromatic nitrogens is 3. The predicted octanol–water partition coefficient (Wildman–Crippen LogP) is 1.98. The Bertz CT molecular complexity index is 633. The minimum Gasteiger partial charge on any atom is -0.333 e. The number of aryl methyl sites for hydroxylation is 2. The molecule has 3 heterocycles. The second-order valence-electron chi connectivity index (χ2n) is 5.19. The molecule has 2 aromatic rings. The lowest BCUT2D eigenvalue weighted by atomic mass is 10.2. The van der Waals surface area contributed by atoms with Crippen LogP contribution < -0.4 is 10.6 Å². The summed E-state index contributed by atoms with van der Waals surface area (Å²) in [7, 11) is 0. The predicted molar refractivity (Wildman–Crippen MR) is 81.1 cm³/mol. The van der Waals surface area contributed by atoms with Crippen molar-refractivity contribution in [3.63, 3.8) is 0 Å². The summed E-state index contributed by atoms with van der Waals surface area (Å²) in [5, 5.41) is 14.0. The van der Waals surface area contributed by atoms with Crippen LogP contribution in [0.4, 0.5) is 4.79 Å². The maximum absolute atomic E-state index is 11.8. The first-order valence-corrected chi connectivity index (χ1v) is 8.02. The molecule has 0 atom stereocenters. The summed E-state index contributed by atoms with van der Waals surface area (Å²) in [6.45, 7) is 3.99. The van der Waals surface area contributed by atoms with Gasteiger partial charge in [0.25, 0.3) is 0 Å². The van der Waals surface area contributed by atoms with Crippen LogP contribution in [0.3, 0.4) is 0 Å². The van der Waals surface area contributed by atoms with Crippen molar-refractivity contribution in [2.24, 2.45) is 0 Å². The van der Waals surface area contributed by atoms with Crippen molar-refractivity contribution < 1.29 is 4.79 Å². The van der Waals surface area contributed by atoms with Crippen molar-refractivity contribution in [1.29, 1.82) is 0 Å². The monoisotopic (exact) mass is 305 g/mol. The Kier molecular flexibility index (Phi) is 4.19. The molecular weight excluding hydrogens is 286 g/mol. The number of fused-ring (bicyclic) bond motifs is 1. The maximum Gasteiger partial charge on any atom is 0.315 e. The van der Waals surface area contributed by atoms with Crippen LogP contribution in [0.5, 0.6) is 0 Å². The highest BCUT2D eigenvalue weighted by Crippen LogP contribution is 2.15. The van der Waals surface area contributed by atoms with E-state index < -0.39 is 0 Å². The average Bonchev–Trinajstić information content (AvgIpc) is 3.09. The smallest absolute Gasteiger partial charge is 0.315 e. The van der Waals surface area contributed by atoms with Crippen molar-refractivity contribution in [1.82, 2.24) is 25.4 Å². The van der Waals surface area contributed by atoms with Gasteiger partial charge in [-0.1, -0.05) is 0 Å². The van der Waals surface area contributed by atoms with Crippen LogP contribution >= 0.6 is 11.3 Å². The number of carbonyl (C=O) groups is 1. The first kappa shape index (κ1) is 14.1. The molecule has 1 aliphatic rings. The van der Waals surface area contributed by atoms with Crippen LogP contribution in [0.25, 0.3) is 0 Å². The van der Waals surface area contributed by atoms with E-state index in [1.54, 1.807) is 11.3 Å². The van der Waals surface area contributed by atoms with Gasteiger partial charge in [-0.15, -0.1) is 21.5 Å². The van der Waals surface area contributed by atoms with Crippen LogP contribution in [0.1, 0.15) is 34.2 Å². The van der Waals surface area contributed by atoms with Gasteiger partial charge in [0.1, 0.15) is 5.82 Å². The maximum atomic E-state index is 11.8. The van der Waals surface area contributed by atoms with E-state index in [-0.39, 0.29) is 6.03 Å². The normalized spacial score (nSPS) is 13.8. The zero-order valence-electron chi connectivity index (χ0n) is 12.1. The number of thiophene rings is 1. The molecule has 0 aromatic carbocycles. The molecule has 0 fully saturated rings. The third-order valence-electron chi connectivity index (χ3n) is 3.56. The lowest BCUT2D eigenvalue weighted by Crippen LogP contribution is -2.35. The zero-order valence-corrected chi connectivity index (χ0v) is 12.9. The Balaban J connectivity index is 1.48. The molecule has 1 aliphatic heterocycles. The number of rotatable bonds is 4. The third-order valence-corrected chi connectivity index (χ3v) is 4.56. The summed E-state index contributed by atoms with van der Waals surface area (Å²) in [6.07, 6.45) is 3.31. The summed E-state index contributed by atoms with van der Waals surface area (Å²) in [5.74, 6) is 1.87. The van der Waals surface area contributed by atoms with E-state index in [9.17, 15) is 4.79 Å². The Morgan fingerprint density at radius 1 is 1.29 bits per heavy atom. The van der Waals surface area contributed by atoms with Crippen LogP contribution in [0.2, 0.25) is 0 Å². The topological polar surface area (TPSA) is 71.8 Å². The first-order chi connectivity index (χ1) is 10.2. The zero-order chi connectivity index (χ0) is 14.7. The first-order valence-electron chi connectivity index (χ1n) is 7.20. The van der Waals surface area contributed by atoms with Gasteiger partial charge in [-0.05, 0) is 31.9 Å². The lowest BCUT2D eigenvalue weighted by molar-refractivity contribution is 0.239. The van der Waals surface area contributed by atoms with Gasteiger partial charge in [0.15, 0.2) is 5.82 Å². The molecule has 2 N–H and O–H groups in total. The van der Waals surface area contributed by atoms with E-state index >= 15 is 0 Å². The lowest BCUT2D eigenvalue weighted by Gasteiger charge is -2.14. The van der Waals surface area contributed by atoms with Crippen molar-refractivity contribution in [3.05, 3.63) is 33.5 Å². The van der Waals surface area contributed by atoms with Crippen molar-refractivity contribution >= 4 is 17.4 Å². The molecule has 2 amide bonds. The number of nitrogens with one attached hydrogen (secondary N) is 2. The molecule has 0 unspecified atom stereocenters. The summed E-state index contributed by atoms with van der Waals surface area (Å²) in [5.41, 5.74) is 0. The Morgan fingerprint density at radius 2 is 2.14 bits per heavy atom. The molecule has 6 nitrogen and oxygen atoms in total. The summed E-state index contributed by atoms with van der Waals surface area (Å²) in [6, 6.07) is 3.92. The average molecular weight is 305 g/mol. The second kappa shape index (κ2) is 6.26. The van der Waals surface area contributed by atoms with Crippen molar-refractivity contribution in [2.75, 3.05) is 0 Å². The molecule has 21 heavy (non-hydrogen) atoms. The molecular formula is C14H19N5OS. The quantitative estimate of drug-likeness (QED) is 0.907. The molecule has 3 rings (SSSR count). The SMILES string of the molecule is Cc1ccc(CNC(=O)NCc2nnc3n2CCCC3)s1. The second-order valence-corrected chi connectivity index (χ2v) is 6.56. The van der Waals surface area contributed by atoms with E-state index in [4.69, 9.17) is 0 Å². The minimum atomic E-state index is -0.172. The standard InChI is InChI=1S/C14H19N5OS/c1-10-5-6-11(21-10)8-15-14(20)16-9-13-18-17-12-4-2-3-7-19(12)13/h5-6H,2-4,7-9H2,1H3,(H2,15,16,20). The van der Waals surface area contributed by atoms with Gasteiger partial charge in [0.2, 0.25) is 0 Å². The Labute approximate surface area is 127 Å². The summed E-state index contributed by atoms with van der Waals surface area (Å²) < 4.78 is 2.12. The van der Waals surface area contributed by atoms with Crippen LogP contribution in [-0.4, -0.2) is 20.8 Å². The van der Waals surface area contributed by atoms with Gasteiger partial charge < -0.3 is 15.2 Å². The van der Waals surface area contributed by atoms with Gasteiger partial charge in [-0.25, -0.2) is 4.79 Å². The van der Waals surface area contributed by atoms with E-state index in [2.05, 4.69) is 38.4 Å². The van der Waals surface area contributed by atoms with Crippen LogP contribution in [0, 0.1) is 6.92 Å². The number of nitrogens with zero attached hydrogens (tertiary/aromatic N) is 3. The Hall–Kier alpha value is -1.89. The molecule has 0 spiro atoms. The highest BCUT2D eigenvalue weighted by atomic mass is 32.1. The molecule has 112 valence electrons. The van der Waals surface area contributed by atoms with E-state index in [0.717, 1.165) is 35.9 Å². The van der Waals surface area contributed by atoms with Gasteiger partial charge in [0, 0.05) is 22.7 Å². The molecule has 0 saturated carbocycles. The van der Waals surface area contributed by atoms with Gasteiger partial charge in [0.05, 0.1) is 13.1 Å². The highest BCUT2D eigenvalue weighted by molar-refractivity contribution is 7.11. The minimum absolute atomic E-state index is 0.172. The molecule has 0 radical (unpaired) electrons. The van der Waals surface area contributed by atoms with Crippen molar-refractivity contribution in [3.8, 4) is 0 Å². The molecule has 0 saturated heterocycles. The summed E-state index contributed by atoms with van der Waals surface area (Å²) in [4.78, 5) is 14.2. The molecule has 0 bridgehead atoms. The van der Waals surface area contributed by atoms with Gasteiger partial charge >= 0.3 is 6.03 Å². The molecule has 0 aliphatic carbocycles. The number of hydrogen-bond acceptors (Lipinski definition) is 4. The van der Waals surface area contributed by atoms with E-state index in [1.807, 2.05) is 6.07 Å². The van der Waals surface area contributed by atoms with Gasteiger partial charge in [-0.3, -0.25) is 0 Å². The van der Waals surface area contributed by atoms with Crippen LogP contribution in [0.15, 0.2) is 12.1 Å². The fraction of sp³-hybridized carbons (Fsp3) is 0.500. The van der Waals surface area contributed by atoms with E-state index in [0.29, 0.717) is 13.1 Å². The molecule has 7 heteroatoms. The van der Waals surface area contributed by atoms with E-state index in [1.165, 1.54) is 11.3 Å². The molecule has 2 aromatic heterocycles. The van der Waals surface area contributed by atoms with Crippen molar-refractivity contribution in [2.45, 2.75) is 45.8 Å². The fourth-order valence-electron chi connectivity index (χ4n) is 2.47. The highest BCUT2D eigenvalue weighted by Gasteiger charge is 2.15.